The van der Waals surface area contributed by atoms with E-state index in [9.17, 15) is 9.90 Å². The van der Waals surface area contributed by atoms with E-state index >= 15 is 0 Å². The van der Waals surface area contributed by atoms with Crippen LogP contribution >= 0.6 is 0 Å². The largest absolute Gasteiger partial charge is 0.480 e. The number of carbonyl (C=O) groups is 1. The number of carboxylic acids is 1. The van der Waals surface area contributed by atoms with Gasteiger partial charge in [0.25, 0.3) is 0 Å². The highest BCUT2D eigenvalue weighted by Crippen LogP contribution is 2.26. The summed E-state index contributed by atoms with van der Waals surface area (Å²) in [6.45, 7) is 4.11. The van der Waals surface area contributed by atoms with Gasteiger partial charge in [-0.1, -0.05) is 30.3 Å². The van der Waals surface area contributed by atoms with Crippen LogP contribution < -0.4 is 0 Å². The maximum Gasteiger partial charge on any atom is 0.320 e. The summed E-state index contributed by atoms with van der Waals surface area (Å²) in [7, 11) is 0. The zero-order valence-corrected chi connectivity index (χ0v) is 12.4. The fourth-order valence-electron chi connectivity index (χ4n) is 3.74. The van der Waals surface area contributed by atoms with Crippen molar-refractivity contribution in [3.63, 3.8) is 0 Å². The van der Waals surface area contributed by atoms with Crippen LogP contribution in [0.15, 0.2) is 30.3 Å². The van der Waals surface area contributed by atoms with Gasteiger partial charge in [-0.2, -0.15) is 0 Å². The predicted octanol–water partition coefficient (Wildman–Crippen LogP) is 2.20. The van der Waals surface area contributed by atoms with Crippen LogP contribution in [-0.4, -0.2) is 52.6 Å². The second kappa shape index (κ2) is 6.58. The van der Waals surface area contributed by atoms with Crippen molar-refractivity contribution in [3.05, 3.63) is 35.9 Å². The molecular formula is C17H24N2O2. The Morgan fingerprint density at radius 1 is 1.10 bits per heavy atom. The number of aliphatic carboxylic acids is 1. The molecule has 0 radical (unpaired) electrons. The number of piperidine rings is 1. The van der Waals surface area contributed by atoms with Gasteiger partial charge in [-0.3, -0.25) is 14.6 Å². The molecule has 2 heterocycles. The Hall–Kier alpha value is -1.39. The number of likely N-dealkylation sites (tertiary alicyclic amines) is 2. The molecule has 1 unspecified atom stereocenters. The van der Waals surface area contributed by atoms with Crippen molar-refractivity contribution in [2.24, 2.45) is 0 Å². The maximum atomic E-state index is 11.3. The van der Waals surface area contributed by atoms with Crippen molar-refractivity contribution < 1.29 is 9.90 Å². The molecule has 3 rings (SSSR count). The lowest BCUT2D eigenvalue weighted by Crippen LogP contribution is -2.48. The van der Waals surface area contributed by atoms with Crippen molar-refractivity contribution in [1.29, 1.82) is 0 Å². The van der Waals surface area contributed by atoms with Crippen LogP contribution in [0.3, 0.4) is 0 Å². The molecule has 2 aliphatic heterocycles. The summed E-state index contributed by atoms with van der Waals surface area (Å²) in [6.07, 6.45) is 4.04. The molecule has 0 saturated carbocycles. The van der Waals surface area contributed by atoms with Crippen LogP contribution in [0.25, 0.3) is 0 Å². The average Bonchev–Trinajstić information content (AvgIpc) is 2.99. The van der Waals surface area contributed by atoms with Gasteiger partial charge in [0.05, 0.1) is 0 Å². The highest BCUT2D eigenvalue weighted by atomic mass is 16.4. The first kappa shape index (κ1) is 14.5. The molecule has 0 bridgehead atoms. The lowest BCUT2D eigenvalue weighted by Gasteiger charge is -2.38. The first-order valence-corrected chi connectivity index (χ1v) is 7.99. The van der Waals surface area contributed by atoms with Gasteiger partial charge in [-0.25, -0.2) is 0 Å². The molecule has 0 spiro atoms. The van der Waals surface area contributed by atoms with Gasteiger partial charge in [0.15, 0.2) is 0 Å². The van der Waals surface area contributed by atoms with E-state index in [2.05, 4.69) is 40.1 Å². The first-order chi connectivity index (χ1) is 10.2. The molecule has 1 N–H and O–H groups in total. The highest BCUT2D eigenvalue weighted by molar-refractivity contribution is 5.73. The quantitative estimate of drug-likeness (QED) is 0.922. The smallest absolute Gasteiger partial charge is 0.320 e. The van der Waals surface area contributed by atoms with Gasteiger partial charge in [0.1, 0.15) is 6.04 Å². The van der Waals surface area contributed by atoms with E-state index in [1.54, 1.807) is 0 Å². The summed E-state index contributed by atoms with van der Waals surface area (Å²) in [5, 5.41) is 9.31. The highest BCUT2D eigenvalue weighted by Gasteiger charge is 2.36. The molecule has 0 amide bonds. The predicted molar refractivity (Wildman–Crippen MR) is 82.1 cm³/mol. The lowest BCUT2D eigenvalue weighted by atomic mass is 10.0. The van der Waals surface area contributed by atoms with Crippen LogP contribution in [0.1, 0.15) is 31.2 Å². The first-order valence-electron chi connectivity index (χ1n) is 7.99. The van der Waals surface area contributed by atoms with Crippen LogP contribution in [0, 0.1) is 0 Å². The molecule has 0 aromatic heterocycles. The number of nitrogens with zero attached hydrogens (tertiary/aromatic N) is 2. The van der Waals surface area contributed by atoms with Crippen molar-refractivity contribution in [1.82, 2.24) is 9.80 Å². The van der Waals surface area contributed by atoms with E-state index in [1.807, 2.05) is 0 Å². The molecule has 1 aromatic rings. The van der Waals surface area contributed by atoms with Crippen LogP contribution in [-0.2, 0) is 11.3 Å². The van der Waals surface area contributed by atoms with E-state index < -0.39 is 5.97 Å². The summed E-state index contributed by atoms with van der Waals surface area (Å²) in [6, 6.07) is 10.8. The summed E-state index contributed by atoms with van der Waals surface area (Å²) in [5.41, 5.74) is 1.36. The fraction of sp³-hybridized carbons (Fsp3) is 0.588. The Bertz CT molecular complexity index is 469. The zero-order valence-electron chi connectivity index (χ0n) is 12.4. The van der Waals surface area contributed by atoms with E-state index in [4.69, 9.17) is 0 Å². The maximum absolute atomic E-state index is 11.3. The summed E-state index contributed by atoms with van der Waals surface area (Å²) >= 11 is 0. The molecule has 0 aliphatic carbocycles. The molecule has 21 heavy (non-hydrogen) atoms. The van der Waals surface area contributed by atoms with Crippen LogP contribution in [0.4, 0.5) is 0 Å². The topological polar surface area (TPSA) is 43.8 Å². The molecule has 2 saturated heterocycles. The summed E-state index contributed by atoms with van der Waals surface area (Å²) in [5.74, 6) is -0.640. The minimum absolute atomic E-state index is 0.240. The van der Waals surface area contributed by atoms with Gasteiger partial charge >= 0.3 is 5.97 Å². The lowest BCUT2D eigenvalue weighted by molar-refractivity contribution is -0.143. The minimum Gasteiger partial charge on any atom is -0.480 e. The van der Waals surface area contributed by atoms with Gasteiger partial charge < -0.3 is 5.11 Å². The molecule has 2 aliphatic rings. The van der Waals surface area contributed by atoms with Crippen LogP contribution in [0.5, 0.6) is 0 Å². The molecule has 1 atom stereocenters. The molecule has 1 aromatic carbocycles. The number of carboxylic acid groups (broad SMARTS) is 1. The van der Waals surface area contributed by atoms with Gasteiger partial charge in [-0.05, 0) is 50.9 Å². The minimum atomic E-state index is -0.640. The van der Waals surface area contributed by atoms with E-state index in [-0.39, 0.29) is 6.04 Å². The second-order valence-electron chi connectivity index (χ2n) is 6.23. The Kier molecular flexibility index (Phi) is 4.56. The van der Waals surface area contributed by atoms with Crippen molar-refractivity contribution in [2.75, 3.05) is 19.6 Å². The number of hydrogen-bond acceptors (Lipinski definition) is 3. The SMILES string of the molecule is O=C(O)C1CCCN1C1CCN(Cc2ccccc2)CC1. The molecule has 4 nitrogen and oxygen atoms in total. The van der Waals surface area contributed by atoms with Crippen molar-refractivity contribution in [2.45, 2.75) is 44.3 Å². The molecular weight excluding hydrogens is 264 g/mol. The van der Waals surface area contributed by atoms with E-state index in [0.29, 0.717) is 6.04 Å². The monoisotopic (exact) mass is 288 g/mol. The van der Waals surface area contributed by atoms with E-state index in [0.717, 1.165) is 51.9 Å². The third kappa shape index (κ3) is 3.44. The summed E-state index contributed by atoms with van der Waals surface area (Å²) < 4.78 is 0. The Morgan fingerprint density at radius 3 is 2.48 bits per heavy atom. The van der Waals surface area contributed by atoms with Crippen LogP contribution in [0.2, 0.25) is 0 Å². The third-order valence-corrected chi connectivity index (χ3v) is 4.85. The number of benzene rings is 1. The Balaban J connectivity index is 1.52. The normalized spacial score (nSPS) is 25.2. The Morgan fingerprint density at radius 2 is 1.81 bits per heavy atom. The number of rotatable bonds is 4. The van der Waals surface area contributed by atoms with E-state index in [1.165, 1.54) is 5.56 Å². The third-order valence-electron chi connectivity index (χ3n) is 4.85. The standard InChI is InChI=1S/C17H24N2O2/c20-17(21)16-7-4-10-19(16)15-8-11-18(12-9-15)13-14-5-2-1-3-6-14/h1-3,5-6,15-16H,4,7-13H2,(H,20,21). The molecule has 114 valence electrons. The van der Waals surface area contributed by atoms with Gasteiger partial charge in [0, 0.05) is 12.6 Å². The Labute approximate surface area is 126 Å². The second-order valence-corrected chi connectivity index (χ2v) is 6.23. The fourth-order valence-corrected chi connectivity index (χ4v) is 3.74. The number of hydrogen-bond donors (Lipinski definition) is 1. The van der Waals surface area contributed by atoms with Gasteiger partial charge in [-0.15, -0.1) is 0 Å². The van der Waals surface area contributed by atoms with Crippen molar-refractivity contribution >= 4 is 5.97 Å². The molecule has 2 fully saturated rings. The average molecular weight is 288 g/mol. The zero-order chi connectivity index (χ0) is 14.7. The van der Waals surface area contributed by atoms with Crippen molar-refractivity contribution in [3.8, 4) is 0 Å². The summed E-state index contributed by atoms with van der Waals surface area (Å²) in [4.78, 5) is 16.0. The van der Waals surface area contributed by atoms with Gasteiger partial charge in [0.2, 0.25) is 0 Å². The molecule has 4 heteroatoms.